The van der Waals surface area contributed by atoms with Gasteiger partial charge in [-0.15, -0.1) is 0 Å². The average Bonchev–Trinajstić information content (AvgIpc) is 2.12. The summed E-state index contributed by atoms with van der Waals surface area (Å²) in [6.45, 7) is 0. The Balaban J connectivity index is 3.33. The molecule has 0 aromatic heterocycles. The lowest BCUT2D eigenvalue weighted by molar-refractivity contribution is 0.0591. The molecule has 1 aromatic rings. The van der Waals surface area contributed by atoms with E-state index in [2.05, 4.69) is 4.74 Å². The Morgan fingerprint density at radius 1 is 1.38 bits per heavy atom. The van der Waals surface area contributed by atoms with E-state index in [9.17, 15) is 13.6 Å². The Morgan fingerprint density at radius 2 is 1.92 bits per heavy atom. The highest BCUT2D eigenvalue weighted by Crippen LogP contribution is 2.24. The Hall–Kier alpha value is -1.65. The molecular weight excluding hydrogens is 182 g/mol. The van der Waals surface area contributed by atoms with E-state index < -0.39 is 28.9 Å². The molecule has 13 heavy (non-hydrogen) atoms. The summed E-state index contributed by atoms with van der Waals surface area (Å²) in [4.78, 5) is 10.8. The predicted molar refractivity (Wildman–Crippen MR) is 39.4 cm³/mol. The van der Waals surface area contributed by atoms with Gasteiger partial charge in [-0.1, -0.05) is 0 Å². The molecule has 1 aromatic carbocycles. The van der Waals surface area contributed by atoms with Crippen molar-refractivity contribution in [3.05, 3.63) is 29.3 Å². The summed E-state index contributed by atoms with van der Waals surface area (Å²) in [6.07, 6.45) is 0. The Kier molecular flexibility index (Phi) is 2.46. The Bertz CT molecular complexity index is 349. The SMILES string of the molecule is COC(=O)c1c(F)ccc(F)c1O. The van der Waals surface area contributed by atoms with Crippen molar-refractivity contribution in [2.24, 2.45) is 0 Å². The fourth-order valence-corrected chi connectivity index (χ4v) is 0.837. The van der Waals surface area contributed by atoms with Crippen molar-refractivity contribution in [2.45, 2.75) is 0 Å². The second kappa shape index (κ2) is 3.38. The highest BCUT2D eigenvalue weighted by molar-refractivity contribution is 5.92. The van der Waals surface area contributed by atoms with Crippen LogP contribution in [0.3, 0.4) is 0 Å². The molecule has 0 heterocycles. The number of halogens is 2. The van der Waals surface area contributed by atoms with E-state index in [4.69, 9.17) is 5.11 Å². The molecule has 0 amide bonds. The number of rotatable bonds is 1. The first kappa shape index (κ1) is 9.44. The Morgan fingerprint density at radius 3 is 2.46 bits per heavy atom. The van der Waals surface area contributed by atoms with Gasteiger partial charge < -0.3 is 9.84 Å². The van der Waals surface area contributed by atoms with E-state index in [0.717, 1.165) is 19.2 Å². The smallest absolute Gasteiger partial charge is 0.344 e. The number of hydrogen-bond acceptors (Lipinski definition) is 3. The van der Waals surface area contributed by atoms with Gasteiger partial charge in [-0.3, -0.25) is 0 Å². The maximum absolute atomic E-state index is 12.8. The van der Waals surface area contributed by atoms with Crippen molar-refractivity contribution in [1.29, 1.82) is 0 Å². The van der Waals surface area contributed by atoms with Crippen LogP contribution in [0.15, 0.2) is 12.1 Å². The summed E-state index contributed by atoms with van der Waals surface area (Å²) in [6, 6.07) is 1.46. The first-order valence-electron chi connectivity index (χ1n) is 3.33. The van der Waals surface area contributed by atoms with Crippen LogP contribution in [0.25, 0.3) is 0 Å². The van der Waals surface area contributed by atoms with E-state index >= 15 is 0 Å². The normalized spacial score (nSPS) is 9.77. The van der Waals surface area contributed by atoms with Crippen LogP contribution in [-0.4, -0.2) is 18.2 Å². The monoisotopic (exact) mass is 188 g/mol. The van der Waals surface area contributed by atoms with Gasteiger partial charge in [-0.05, 0) is 12.1 Å². The standard InChI is InChI=1S/C8H6F2O3/c1-13-8(12)6-4(9)2-3-5(10)7(6)11/h2-3,11H,1H3. The van der Waals surface area contributed by atoms with Crippen molar-refractivity contribution >= 4 is 5.97 Å². The van der Waals surface area contributed by atoms with Gasteiger partial charge in [0.15, 0.2) is 11.6 Å². The van der Waals surface area contributed by atoms with Gasteiger partial charge in [0, 0.05) is 0 Å². The van der Waals surface area contributed by atoms with E-state index in [1.54, 1.807) is 0 Å². The molecule has 3 nitrogen and oxygen atoms in total. The van der Waals surface area contributed by atoms with Crippen LogP contribution in [0.5, 0.6) is 5.75 Å². The van der Waals surface area contributed by atoms with Crippen LogP contribution in [0.4, 0.5) is 8.78 Å². The second-order valence-corrected chi connectivity index (χ2v) is 2.24. The first-order chi connectivity index (χ1) is 6.07. The van der Waals surface area contributed by atoms with Gasteiger partial charge in [0.1, 0.15) is 11.4 Å². The number of methoxy groups -OCH3 is 1. The molecule has 0 aliphatic rings. The third-order valence-electron chi connectivity index (χ3n) is 1.47. The van der Waals surface area contributed by atoms with Gasteiger partial charge in [0.2, 0.25) is 0 Å². The number of hydrogen-bond donors (Lipinski definition) is 1. The summed E-state index contributed by atoms with van der Waals surface area (Å²) in [5.74, 6) is -4.24. The maximum Gasteiger partial charge on any atom is 0.344 e. The average molecular weight is 188 g/mol. The zero-order chi connectivity index (χ0) is 10.0. The molecule has 0 saturated carbocycles. The molecule has 70 valence electrons. The van der Waals surface area contributed by atoms with Crippen LogP contribution in [0, 0.1) is 11.6 Å². The summed E-state index contributed by atoms with van der Waals surface area (Å²) >= 11 is 0. The third kappa shape index (κ3) is 1.58. The van der Waals surface area contributed by atoms with Gasteiger partial charge in [0.05, 0.1) is 7.11 Å². The van der Waals surface area contributed by atoms with Crippen molar-refractivity contribution in [2.75, 3.05) is 7.11 Å². The predicted octanol–water partition coefficient (Wildman–Crippen LogP) is 1.46. The van der Waals surface area contributed by atoms with Crippen molar-refractivity contribution in [3.8, 4) is 5.75 Å². The summed E-state index contributed by atoms with van der Waals surface area (Å²) in [5, 5.41) is 8.96. The summed E-state index contributed by atoms with van der Waals surface area (Å²) < 4.78 is 29.6. The summed E-state index contributed by atoms with van der Waals surface area (Å²) in [7, 11) is 1.01. The molecule has 0 atom stereocenters. The minimum atomic E-state index is -1.12. The molecule has 0 fully saturated rings. The van der Waals surface area contributed by atoms with Crippen molar-refractivity contribution in [1.82, 2.24) is 0 Å². The summed E-state index contributed by atoms with van der Waals surface area (Å²) in [5.41, 5.74) is -0.789. The molecule has 0 aliphatic carbocycles. The van der Waals surface area contributed by atoms with Crippen LogP contribution in [0.1, 0.15) is 10.4 Å². The molecule has 0 aliphatic heterocycles. The Labute approximate surface area is 72.6 Å². The van der Waals surface area contributed by atoms with Crippen molar-refractivity contribution < 1.29 is 23.4 Å². The zero-order valence-electron chi connectivity index (χ0n) is 6.67. The lowest BCUT2D eigenvalue weighted by Crippen LogP contribution is -2.05. The topological polar surface area (TPSA) is 46.5 Å². The third-order valence-corrected chi connectivity index (χ3v) is 1.47. The number of carbonyl (C=O) groups excluding carboxylic acids is 1. The van der Waals surface area contributed by atoms with Crippen molar-refractivity contribution in [3.63, 3.8) is 0 Å². The van der Waals surface area contributed by atoms with Crippen LogP contribution in [0.2, 0.25) is 0 Å². The number of benzene rings is 1. The van der Waals surface area contributed by atoms with Crippen LogP contribution >= 0.6 is 0 Å². The number of ether oxygens (including phenoxy) is 1. The number of esters is 1. The lowest BCUT2D eigenvalue weighted by Gasteiger charge is -2.03. The van der Waals surface area contributed by atoms with E-state index in [1.807, 2.05) is 0 Å². The van der Waals surface area contributed by atoms with Gasteiger partial charge in [-0.2, -0.15) is 0 Å². The molecule has 0 spiro atoms. The van der Waals surface area contributed by atoms with Crippen LogP contribution in [-0.2, 0) is 4.74 Å². The molecule has 0 radical (unpaired) electrons. The molecule has 0 unspecified atom stereocenters. The number of phenols is 1. The molecule has 1 rings (SSSR count). The number of carbonyl (C=O) groups is 1. The quantitative estimate of drug-likeness (QED) is 0.678. The fourth-order valence-electron chi connectivity index (χ4n) is 0.837. The zero-order valence-corrected chi connectivity index (χ0v) is 6.67. The highest BCUT2D eigenvalue weighted by Gasteiger charge is 2.20. The number of aromatic hydroxyl groups is 1. The van der Waals surface area contributed by atoms with E-state index in [1.165, 1.54) is 0 Å². The van der Waals surface area contributed by atoms with E-state index in [-0.39, 0.29) is 0 Å². The number of phenolic OH excluding ortho intramolecular Hbond substituents is 1. The second-order valence-electron chi connectivity index (χ2n) is 2.24. The van der Waals surface area contributed by atoms with Gasteiger partial charge in [-0.25, -0.2) is 13.6 Å². The van der Waals surface area contributed by atoms with Crippen LogP contribution < -0.4 is 0 Å². The maximum atomic E-state index is 12.8. The van der Waals surface area contributed by atoms with E-state index in [0.29, 0.717) is 0 Å². The minimum absolute atomic E-state index is 0.719. The largest absolute Gasteiger partial charge is 0.504 e. The molecule has 0 saturated heterocycles. The highest BCUT2D eigenvalue weighted by atomic mass is 19.1. The molecule has 5 heteroatoms. The van der Waals surface area contributed by atoms with Gasteiger partial charge in [0.25, 0.3) is 0 Å². The fraction of sp³-hybridized carbons (Fsp3) is 0.125. The molecular formula is C8H6F2O3. The first-order valence-corrected chi connectivity index (χ1v) is 3.33. The molecule has 1 N–H and O–H groups in total. The van der Waals surface area contributed by atoms with Gasteiger partial charge >= 0.3 is 5.97 Å². The minimum Gasteiger partial charge on any atom is -0.504 e. The lowest BCUT2D eigenvalue weighted by atomic mass is 10.2. The molecule has 0 bridgehead atoms.